The van der Waals surface area contributed by atoms with Crippen molar-refractivity contribution in [2.75, 3.05) is 12.4 Å². The zero-order valence-electron chi connectivity index (χ0n) is 18.3. The summed E-state index contributed by atoms with van der Waals surface area (Å²) in [5, 5.41) is 5.37. The molecule has 1 aliphatic heterocycles. The second-order valence-electron chi connectivity index (χ2n) is 7.91. The van der Waals surface area contributed by atoms with Crippen LogP contribution in [-0.4, -0.2) is 39.4 Å². The molecule has 2 amide bonds. The van der Waals surface area contributed by atoms with Gasteiger partial charge in [-0.3, -0.25) is 19.0 Å². The van der Waals surface area contributed by atoms with Gasteiger partial charge in [-0.25, -0.2) is 9.37 Å². The lowest BCUT2D eigenvalue weighted by Gasteiger charge is -2.19. The topological polar surface area (TPSA) is 96.3 Å². The van der Waals surface area contributed by atoms with E-state index in [9.17, 15) is 18.8 Å². The molecule has 1 aromatic heterocycles. The van der Waals surface area contributed by atoms with Crippen molar-refractivity contribution in [1.82, 2.24) is 19.8 Å². The molecule has 33 heavy (non-hydrogen) atoms. The van der Waals surface area contributed by atoms with Crippen LogP contribution in [-0.2, 0) is 29.2 Å². The van der Waals surface area contributed by atoms with Crippen LogP contribution in [0.25, 0.3) is 11.4 Å². The van der Waals surface area contributed by atoms with Crippen LogP contribution in [0.1, 0.15) is 18.1 Å². The molecule has 2 aromatic carbocycles. The lowest BCUT2D eigenvalue weighted by molar-refractivity contribution is -0.132. The third kappa shape index (κ3) is 4.68. The summed E-state index contributed by atoms with van der Waals surface area (Å²) < 4.78 is 14.7. The van der Waals surface area contributed by atoms with E-state index in [0.717, 1.165) is 11.1 Å². The van der Waals surface area contributed by atoms with E-state index < -0.39 is 23.3 Å². The second-order valence-corrected chi connectivity index (χ2v) is 7.91. The van der Waals surface area contributed by atoms with Crippen LogP contribution in [0.5, 0.6) is 0 Å². The van der Waals surface area contributed by atoms with Crippen LogP contribution in [0.4, 0.5) is 10.1 Å². The van der Waals surface area contributed by atoms with Gasteiger partial charge < -0.3 is 15.5 Å². The molecule has 0 aliphatic carbocycles. The highest BCUT2D eigenvalue weighted by atomic mass is 19.1. The molecule has 2 N–H and O–H groups in total. The molecule has 0 bridgehead atoms. The van der Waals surface area contributed by atoms with E-state index in [1.165, 1.54) is 35.0 Å². The van der Waals surface area contributed by atoms with Crippen molar-refractivity contribution in [3.05, 3.63) is 82.0 Å². The largest absolute Gasteiger partial charge is 0.332 e. The molecular weight excluding hydrogens is 425 g/mol. The molecule has 170 valence electrons. The van der Waals surface area contributed by atoms with E-state index in [2.05, 4.69) is 15.6 Å². The van der Waals surface area contributed by atoms with Crippen molar-refractivity contribution in [2.24, 2.45) is 0 Å². The maximum Gasteiger partial charge on any atom is 0.278 e. The molecule has 4 rings (SSSR count). The molecule has 1 atom stereocenters. The number of anilines is 1. The lowest BCUT2D eigenvalue weighted by atomic mass is 10.1. The smallest absolute Gasteiger partial charge is 0.278 e. The van der Waals surface area contributed by atoms with Crippen molar-refractivity contribution in [3.63, 3.8) is 0 Å². The van der Waals surface area contributed by atoms with Crippen LogP contribution in [0.15, 0.2) is 59.5 Å². The van der Waals surface area contributed by atoms with Gasteiger partial charge in [0.2, 0.25) is 11.8 Å². The summed E-state index contributed by atoms with van der Waals surface area (Å²) >= 11 is 0. The molecule has 2 heterocycles. The maximum absolute atomic E-state index is 13.4. The molecule has 0 fully saturated rings. The fourth-order valence-corrected chi connectivity index (χ4v) is 3.67. The number of hydrogen-bond donors (Lipinski definition) is 2. The summed E-state index contributed by atoms with van der Waals surface area (Å²) in [5.74, 6) is -0.877. The second kappa shape index (κ2) is 9.33. The Morgan fingerprint density at radius 1 is 1.09 bits per heavy atom. The molecule has 1 aliphatic rings. The summed E-state index contributed by atoms with van der Waals surface area (Å²) in [6.07, 6.45) is 1.26. The number of nitrogens with zero attached hydrogens (tertiary/aromatic N) is 3. The van der Waals surface area contributed by atoms with Gasteiger partial charge in [0, 0.05) is 18.7 Å². The van der Waals surface area contributed by atoms with E-state index in [1.807, 2.05) is 24.3 Å². The van der Waals surface area contributed by atoms with E-state index in [1.54, 1.807) is 18.9 Å². The highest BCUT2D eigenvalue weighted by Crippen LogP contribution is 2.23. The molecule has 1 unspecified atom stereocenters. The molecule has 0 spiro atoms. The zero-order chi connectivity index (χ0) is 23.5. The van der Waals surface area contributed by atoms with Gasteiger partial charge in [0.15, 0.2) is 0 Å². The third-order valence-corrected chi connectivity index (χ3v) is 5.72. The number of benzene rings is 2. The van der Waals surface area contributed by atoms with E-state index in [4.69, 9.17) is 0 Å². The summed E-state index contributed by atoms with van der Waals surface area (Å²) in [5.41, 5.74) is 2.01. The first-order chi connectivity index (χ1) is 15.9. The predicted octanol–water partition coefficient (Wildman–Crippen LogP) is 2.14. The van der Waals surface area contributed by atoms with Gasteiger partial charge in [0.1, 0.15) is 23.9 Å². The normalized spacial score (nSPS) is 13.5. The standard InChI is InChI=1S/C24H24FN5O3/c1-15(26-2)23(32)28-20-11-27-22(16-7-9-19(25)10-8-16)30(24(20)33)14-21(31)29-12-17-5-3-4-6-18(17)13-29/h3-11,15,26H,12-14H2,1-2H3,(H,28,32). The van der Waals surface area contributed by atoms with Gasteiger partial charge in [-0.15, -0.1) is 0 Å². The first kappa shape index (κ1) is 22.3. The predicted molar refractivity (Wildman–Crippen MR) is 122 cm³/mol. The minimum Gasteiger partial charge on any atom is -0.332 e. The molecule has 0 saturated carbocycles. The van der Waals surface area contributed by atoms with E-state index in [-0.39, 0.29) is 24.0 Å². The number of aromatic nitrogens is 2. The first-order valence-electron chi connectivity index (χ1n) is 10.6. The molecular formula is C24H24FN5O3. The van der Waals surface area contributed by atoms with Gasteiger partial charge in [-0.1, -0.05) is 24.3 Å². The Hall–Kier alpha value is -3.85. The van der Waals surface area contributed by atoms with E-state index in [0.29, 0.717) is 18.7 Å². The molecule has 0 saturated heterocycles. The van der Waals surface area contributed by atoms with Crippen molar-refractivity contribution in [3.8, 4) is 11.4 Å². The highest BCUT2D eigenvalue weighted by molar-refractivity contribution is 5.94. The number of carbonyl (C=O) groups excluding carboxylic acids is 2. The molecule has 8 nitrogen and oxygen atoms in total. The van der Waals surface area contributed by atoms with Crippen LogP contribution in [0, 0.1) is 5.82 Å². The Labute approximate surface area is 190 Å². The summed E-state index contributed by atoms with van der Waals surface area (Å²) in [6.45, 7) is 2.30. The number of amides is 2. The Morgan fingerprint density at radius 3 is 2.33 bits per heavy atom. The summed E-state index contributed by atoms with van der Waals surface area (Å²) in [7, 11) is 1.63. The van der Waals surface area contributed by atoms with Crippen molar-refractivity contribution in [2.45, 2.75) is 32.6 Å². The monoisotopic (exact) mass is 449 g/mol. The maximum atomic E-state index is 13.4. The minimum absolute atomic E-state index is 0.0366. The number of fused-ring (bicyclic) bond motifs is 1. The Balaban J connectivity index is 1.68. The Bertz CT molecular complexity index is 1230. The van der Waals surface area contributed by atoms with Crippen LogP contribution in [0.2, 0.25) is 0 Å². The van der Waals surface area contributed by atoms with Crippen LogP contribution in [0.3, 0.4) is 0 Å². The number of carbonyl (C=O) groups is 2. The Morgan fingerprint density at radius 2 is 1.73 bits per heavy atom. The zero-order valence-corrected chi connectivity index (χ0v) is 18.3. The van der Waals surface area contributed by atoms with Crippen LogP contribution >= 0.6 is 0 Å². The van der Waals surface area contributed by atoms with Gasteiger partial charge in [0.25, 0.3) is 5.56 Å². The third-order valence-electron chi connectivity index (χ3n) is 5.72. The number of likely N-dealkylation sites (N-methyl/N-ethyl adjacent to an activating group) is 1. The van der Waals surface area contributed by atoms with E-state index >= 15 is 0 Å². The van der Waals surface area contributed by atoms with Crippen molar-refractivity contribution in [1.29, 1.82) is 0 Å². The number of hydrogen-bond acceptors (Lipinski definition) is 5. The average molecular weight is 449 g/mol. The number of rotatable bonds is 6. The number of halogens is 1. The first-order valence-corrected chi connectivity index (χ1v) is 10.6. The minimum atomic E-state index is -0.564. The van der Waals surface area contributed by atoms with Gasteiger partial charge >= 0.3 is 0 Å². The number of nitrogens with one attached hydrogen (secondary N) is 2. The fraction of sp³-hybridized carbons (Fsp3) is 0.250. The fourth-order valence-electron chi connectivity index (χ4n) is 3.67. The molecule has 9 heteroatoms. The Kier molecular flexibility index (Phi) is 6.32. The lowest BCUT2D eigenvalue weighted by Crippen LogP contribution is -2.39. The van der Waals surface area contributed by atoms with Gasteiger partial charge in [-0.2, -0.15) is 0 Å². The molecule has 3 aromatic rings. The van der Waals surface area contributed by atoms with Gasteiger partial charge in [-0.05, 0) is 49.4 Å². The van der Waals surface area contributed by atoms with Gasteiger partial charge in [0.05, 0.1) is 12.2 Å². The molecule has 0 radical (unpaired) electrons. The van der Waals surface area contributed by atoms with Crippen molar-refractivity contribution >= 4 is 17.5 Å². The highest BCUT2D eigenvalue weighted by Gasteiger charge is 2.25. The summed E-state index contributed by atoms with van der Waals surface area (Å²) in [6, 6.07) is 12.8. The van der Waals surface area contributed by atoms with Crippen LogP contribution < -0.4 is 16.2 Å². The average Bonchev–Trinajstić information content (AvgIpc) is 3.26. The quantitative estimate of drug-likeness (QED) is 0.601. The van der Waals surface area contributed by atoms with Crippen molar-refractivity contribution < 1.29 is 14.0 Å². The summed E-state index contributed by atoms with van der Waals surface area (Å²) in [4.78, 5) is 44.7. The SMILES string of the molecule is CNC(C)C(=O)Nc1cnc(-c2ccc(F)cc2)n(CC(=O)N2Cc3ccccc3C2)c1=O.